The molecule has 0 heterocycles. The van der Waals surface area contributed by atoms with Crippen LogP contribution in [0, 0.1) is 28.5 Å². The van der Waals surface area contributed by atoms with E-state index in [1.165, 1.54) is 18.2 Å². The SMILES string of the molecule is CC(C)(C)Oc1cccc(Cl)c1C#N.CC(C)(C)[O-].COc1cccc(O)c1.COc1cccc(OC(C)(C)C)c1.N#Cc1c(F)cccc1Cl.[K+]. The van der Waals surface area contributed by atoms with Crippen molar-refractivity contribution in [2.75, 3.05) is 14.2 Å². The standard InChI is InChI=1S/C11H12ClNO.C11H16O2.C7H3ClFN.C7H8O2.C4H9O.K/c1-11(2,3)14-10-6-4-5-9(12)8(10)7-13;1-11(2,3)13-10-7-5-6-9(8-10)12-4;8-6-2-1-3-7(9)5(6)4-10;1-9-7-4-2-3-6(8)5-7;1-4(2,3)5;/h4-6H,1-3H3;5-8H,1-4H3;1-3H;2-5,8H,1H3;1-3H3;/q;;;;-1;+1. The number of phenolic OH excluding ortho intramolecular Hbond substituents is 1. The van der Waals surface area contributed by atoms with Gasteiger partial charge in [-0.15, -0.1) is 5.60 Å². The predicted octanol–water partition coefficient (Wildman–Crippen LogP) is 7.16. The van der Waals surface area contributed by atoms with Crippen molar-refractivity contribution in [2.24, 2.45) is 0 Å². The van der Waals surface area contributed by atoms with Crippen LogP contribution in [0.25, 0.3) is 0 Å². The molecule has 1 N–H and O–H groups in total. The Morgan fingerprint density at radius 1 is 0.635 bits per heavy atom. The van der Waals surface area contributed by atoms with Gasteiger partial charge in [-0.1, -0.05) is 68.2 Å². The van der Waals surface area contributed by atoms with Crippen molar-refractivity contribution in [3.8, 4) is 40.9 Å². The number of halogens is 3. The summed E-state index contributed by atoms with van der Waals surface area (Å²) in [5.74, 6) is 2.53. The number of aromatic hydroxyl groups is 1. The van der Waals surface area contributed by atoms with Gasteiger partial charge in [-0.25, -0.2) is 4.39 Å². The molecule has 0 unspecified atom stereocenters. The van der Waals surface area contributed by atoms with Gasteiger partial charge in [0.2, 0.25) is 0 Å². The summed E-state index contributed by atoms with van der Waals surface area (Å²) >= 11 is 11.3. The second-order valence-electron chi connectivity index (χ2n) is 13.4. The van der Waals surface area contributed by atoms with E-state index in [9.17, 15) is 9.50 Å². The maximum atomic E-state index is 12.5. The van der Waals surface area contributed by atoms with Gasteiger partial charge in [0.05, 0.1) is 24.3 Å². The second kappa shape index (κ2) is 25.1. The molecule has 0 fully saturated rings. The van der Waals surface area contributed by atoms with E-state index in [1.54, 1.807) is 83.5 Å². The molecule has 52 heavy (non-hydrogen) atoms. The Bertz CT molecular complexity index is 1700. The first-order valence-electron chi connectivity index (χ1n) is 15.6. The van der Waals surface area contributed by atoms with Crippen molar-refractivity contribution in [1.29, 1.82) is 10.5 Å². The summed E-state index contributed by atoms with van der Waals surface area (Å²) in [7, 11) is 3.21. The number of nitrogens with zero attached hydrogens (tertiary/aromatic N) is 2. The first-order chi connectivity index (χ1) is 23.5. The normalized spacial score (nSPS) is 10.1. The molecule has 0 aliphatic heterocycles. The third-order valence-corrected chi connectivity index (χ3v) is 5.73. The number of benzene rings is 4. The van der Waals surface area contributed by atoms with Crippen molar-refractivity contribution in [2.45, 2.75) is 79.1 Å². The van der Waals surface area contributed by atoms with Crippen molar-refractivity contribution < 1.29 is 84.9 Å². The molecule has 8 nitrogen and oxygen atoms in total. The Kier molecular flexibility index (Phi) is 24.6. The fourth-order valence-corrected chi connectivity index (χ4v) is 3.67. The van der Waals surface area contributed by atoms with Gasteiger partial charge in [0.1, 0.15) is 69.0 Å². The zero-order valence-corrected chi connectivity index (χ0v) is 36.7. The number of rotatable bonds is 4. The van der Waals surface area contributed by atoms with Gasteiger partial charge in [-0.05, 0) is 90.1 Å². The Morgan fingerprint density at radius 2 is 1.04 bits per heavy atom. The average Bonchev–Trinajstić information content (AvgIpc) is 3.00. The van der Waals surface area contributed by atoms with Gasteiger partial charge in [-0.2, -0.15) is 10.5 Å². The van der Waals surface area contributed by atoms with E-state index in [0.29, 0.717) is 22.1 Å². The largest absolute Gasteiger partial charge is 1.00 e. The minimum atomic E-state index is -0.750. The smallest absolute Gasteiger partial charge is 0.850 e. The number of phenols is 1. The third kappa shape index (κ3) is 25.0. The molecule has 0 saturated heterocycles. The van der Waals surface area contributed by atoms with E-state index in [1.807, 2.05) is 71.9 Å². The molecule has 0 aliphatic rings. The molecule has 0 radical (unpaired) electrons. The summed E-state index contributed by atoms with van der Waals surface area (Å²) in [6.45, 7) is 16.7. The Hall–Kier alpha value is -3.03. The molecule has 0 saturated carbocycles. The number of nitriles is 2. The molecular weight excluding hydrogens is 733 g/mol. The van der Waals surface area contributed by atoms with Gasteiger partial charge >= 0.3 is 51.4 Å². The zero-order chi connectivity index (χ0) is 39.4. The van der Waals surface area contributed by atoms with Crippen molar-refractivity contribution in [1.82, 2.24) is 0 Å². The fraction of sp³-hybridized carbons (Fsp3) is 0.350. The third-order valence-electron chi connectivity index (χ3n) is 5.10. The van der Waals surface area contributed by atoms with Gasteiger partial charge < -0.3 is 29.2 Å². The summed E-state index contributed by atoms with van der Waals surface area (Å²) in [6, 6.07) is 27.3. The summed E-state index contributed by atoms with van der Waals surface area (Å²) in [6.07, 6.45) is 0. The molecule has 0 bridgehead atoms. The summed E-state index contributed by atoms with van der Waals surface area (Å²) in [4.78, 5) is 0. The Labute approximate surface area is 361 Å². The van der Waals surface area contributed by atoms with Crippen LogP contribution < -0.4 is 75.4 Å². The summed E-state index contributed by atoms with van der Waals surface area (Å²) in [5, 5.41) is 36.8. The molecule has 0 spiro atoms. The average molecular weight is 782 g/mol. The molecule has 276 valence electrons. The molecule has 4 aromatic carbocycles. The van der Waals surface area contributed by atoms with E-state index in [2.05, 4.69) is 0 Å². The first kappa shape index (κ1) is 51.1. The Balaban J connectivity index is 0. The predicted molar refractivity (Wildman–Crippen MR) is 200 cm³/mol. The van der Waals surface area contributed by atoms with Crippen molar-refractivity contribution in [3.63, 3.8) is 0 Å². The zero-order valence-electron chi connectivity index (χ0n) is 32.1. The second-order valence-corrected chi connectivity index (χ2v) is 14.2. The van der Waals surface area contributed by atoms with E-state index < -0.39 is 11.4 Å². The monoisotopic (exact) mass is 780 g/mol. The number of ether oxygens (including phenoxy) is 4. The number of methoxy groups -OCH3 is 2. The van der Waals surface area contributed by atoms with Crippen LogP contribution in [0.3, 0.4) is 0 Å². The van der Waals surface area contributed by atoms with Crippen molar-refractivity contribution in [3.05, 3.63) is 112 Å². The molecule has 12 heteroatoms. The van der Waals surface area contributed by atoms with Gasteiger partial charge in [0.25, 0.3) is 0 Å². The quantitative estimate of drug-likeness (QED) is 0.216. The van der Waals surface area contributed by atoms with Crippen LogP contribution in [0.2, 0.25) is 10.0 Å². The molecule has 4 rings (SSSR count). The molecule has 0 aliphatic carbocycles. The van der Waals surface area contributed by atoms with E-state index >= 15 is 0 Å². The summed E-state index contributed by atoms with van der Waals surface area (Å²) in [5.41, 5.74) is -0.934. The first-order valence-corrected chi connectivity index (χ1v) is 16.4. The van der Waals surface area contributed by atoms with Crippen molar-refractivity contribution >= 4 is 23.2 Å². The maximum absolute atomic E-state index is 12.5. The van der Waals surface area contributed by atoms with E-state index in [4.69, 9.17) is 57.8 Å². The fourth-order valence-electron chi connectivity index (χ4n) is 3.26. The molecular formula is C40H48Cl2FKN2O6. The maximum Gasteiger partial charge on any atom is 1.00 e. The van der Waals surface area contributed by atoms with Gasteiger partial charge in [0.15, 0.2) is 0 Å². The van der Waals surface area contributed by atoms with Gasteiger partial charge in [-0.3, -0.25) is 0 Å². The summed E-state index contributed by atoms with van der Waals surface area (Å²) < 4.78 is 33.7. The topological polar surface area (TPSA) is 128 Å². The minimum Gasteiger partial charge on any atom is -0.850 e. The van der Waals surface area contributed by atoms with E-state index in [0.717, 1.165) is 11.5 Å². The van der Waals surface area contributed by atoms with Crippen LogP contribution in [0.4, 0.5) is 4.39 Å². The molecule has 0 amide bonds. The van der Waals surface area contributed by atoms with Gasteiger partial charge in [0, 0.05) is 12.1 Å². The molecule has 0 aromatic heterocycles. The van der Waals surface area contributed by atoms with Crippen LogP contribution in [0.5, 0.6) is 28.7 Å². The molecule has 4 aromatic rings. The number of hydrogen-bond acceptors (Lipinski definition) is 8. The van der Waals surface area contributed by atoms with Crippen LogP contribution in [-0.4, -0.2) is 36.1 Å². The Morgan fingerprint density at radius 3 is 1.42 bits per heavy atom. The minimum absolute atomic E-state index is 0. The molecule has 0 atom stereocenters. The van der Waals surface area contributed by atoms with Crippen LogP contribution in [-0.2, 0) is 0 Å². The number of hydrogen-bond donors (Lipinski definition) is 1. The van der Waals surface area contributed by atoms with E-state index in [-0.39, 0.29) is 78.9 Å². The van der Waals surface area contributed by atoms with Crippen LogP contribution in [0.1, 0.15) is 73.4 Å². The van der Waals surface area contributed by atoms with Crippen LogP contribution >= 0.6 is 23.2 Å². The van der Waals surface area contributed by atoms with Crippen LogP contribution in [0.15, 0.2) is 84.9 Å².